The summed E-state index contributed by atoms with van der Waals surface area (Å²) in [6.07, 6.45) is 0. The van der Waals surface area contributed by atoms with Gasteiger partial charge in [-0.25, -0.2) is 4.98 Å². The summed E-state index contributed by atoms with van der Waals surface area (Å²) in [6, 6.07) is 15.4. The number of imidazole rings is 1. The van der Waals surface area contributed by atoms with E-state index in [4.69, 9.17) is 15.2 Å². The van der Waals surface area contributed by atoms with E-state index in [0.29, 0.717) is 19.1 Å². The Morgan fingerprint density at radius 2 is 1.90 bits per heavy atom. The van der Waals surface area contributed by atoms with Gasteiger partial charge in [0.15, 0.2) is 0 Å². The maximum Gasteiger partial charge on any atom is 0.201 e. The smallest absolute Gasteiger partial charge is 0.201 e. The molecule has 5 heteroatoms. The molecule has 1 aromatic heterocycles. The van der Waals surface area contributed by atoms with Crippen LogP contribution in [0.1, 0.15) is 0 Å². The van der Waals surface area contributed by atoms with Crippen LogP contribution in [0.4, 0.5) is 5.95 Å². The van der Waals surface area contributed by atoms with Crippen LogP contribution in [0.5, 0.6) is 11.5 Å². The second-order valence-electron chi connectivity index (χ2n) is 4.64. The van der Waals surface area contributed by atoms with Crippen molar-refractivity contribution < 1.29 is 9.47 Å². The van der Waals surface area contributed by atoms with E-state index >= 15 is 0 Å². The molecule has 2 N–H and O–H groups in total. The molecular weight excluding hydrogens is 266 g/mol. The van der Waals surface area contributed by atoms with Gasteiger partial charge in [-0.05, 0) is 24.3 Å². The van der Waals surface area contributed by atoms with Gasteiger partial charge in [0.2, 0.25) is 5.95 Å². The molecule has 0 atom stereocenters. The molecule has 0 aliphatic rings. The molecule has 0 bridgehead atoms. The van der Waals surface area contributed by atoms with Crippen molar-refractivity contribution in [2.75, 3.05) is 19.5 Å². The fourth-order valence-electron chi connectivity index (χ4n) is 2.27. The molecule has 0 radical (unpaired) electrons. The van der Waals surface area contributed by atoms with Gasteiger partial charge in [0.05, 0.1) is 24.7 Å². The third-order valence-corrected chi connectivity index (χ3v) is 3.31. The Balaban J connectivity index is 1.70. The number of nitrogens with zero attached hydrogens (tertiary/aromatic N) is 2. The molecule has 0 unspecified atom stereocenters. The maximum absolute atomic E-state index is 5.95. The molecule has 0 saturated carbocycles. The zero-order valence-electron chi connectivity index (χ0n) is 11.8. The standard InChI is InChI=1S/C16H17N3O2/c1-20-12-5-4-6-13(11-12)21-10-9-19-15-8-3-2-7-14(15)18-16(19)17/h2-8,11H,9-10H2,1H3,(H2,17,18). The number of hydrogen-bond acceptors (Lipinski definition) is 4. The van der Waals surface area contributed by atoms with Gasteiger partial charge in [-0.3, -0.25) is 0 Å². The monoisotopic (exact) mass is 283 g/mol. The lowest BCUT2D eigenvalue weighted by atomic mass is 10.3. The van der Waals surface area contributed by atoms with Gasteiger partial charge >= 0.3 is 0 Å². The number of hydrogen-bond donors (Lipinski definition) is 1. The number of fused-ring (bicyclic) bond motifs is 1. The molecule has 0 spiro atoms. The summed E-state index contributed by atoms with van der Waals surface area (Å²) in [5.74, 6) is 2.06. The molecule has 3 rings (SSSR count). The third-order valence-electron chi connectivity index (χ3n) is 3.31. The second kappa shape index (κ2) is 5.75. The number of rotatable bonds is 5. The fraction of sp³-hybridized carbons (Fsp3) is 0.188. The van der Waals surface area contributed by atoms with Crippen LogP contribution in [0, 0.1) is 0 Å². The van der Waals surface area contributed by atoms with Gasteiger partial charge in [-0.2, -0.15) is 0 Å². The molecule has 108 valence electrons. The fourth-order valence-corrected chi connectivity index (χ4v) is 2.27. The van der Waals surface area contributed by atoms with E-state index in [0.717, 1.165) is 22.5 Å². The minimum Gasteiger partial charge on any atom is -0.497 e. The van der Waals surface area contributed by atoms with Gasteiger partial charge in [-0.1, -0.05) is 18.2 Å². The van der Waals surface area contributed by atoms with Crippen molar-refractivity contribution in [1.82, 2.24) is 9.55 Å². The number of benzene rings is 2. The first-order chi connectivity index (χ1) is 10.3. The van der Waals surface area contributed by atoms with Crippen molar-refractivity contribution >= 4 is 17.0 Å². The molecule has 0 aliphatic carbocycles. The van der Waals surface area contributed by atoms with Gasteiger partial charge in [-0.15, -0.1) is 0 Å². The van der Waals surface area contributed by atoms with Crippen LogP contribution in [0.3, 0.4) is 0 Å². The molecule has 0 amide bonds. The molecule has 1 heterocycles. The predicted molar refractivity (Wildman–Crippen MR) is 82.6 cm³/mol. The summed E-state index contributed by atoms with van der Waals surface area (Å²) >= 11 is 0. The zero-order valence-corrected chi connectivity index (χ0v) is 11.8. The van der Waals surface area contributed by atoms with E-state index < -0.39 is 0 Å². The second-order valence-corrected chi connectivity index (χ2v) is 4.64. The van der Waals surface area contributed by atoms with Gasteiger partial charge in [0, 0.05) is 6.07 Å². The van der Waals surface area contributed by atoms with Crippen molar-refractivity contribution in [3.8, 4) is 11.5 Å². The van der Waals surface area contributed by atoms with Crippen LogP contribution >= 0.6 is 0 Å². The number of ether oxygens (including phenoxy) is 2. The Labute approximate surface area is 122 Å². The minimum atomic E-state index is 0.505. The lowest BCUT2D eigenvalue weighted by molar-refractivity contribution is 0.299. The van der Waals surface area contributed by atoms with E-state index in [-0.39, 0.29) is 0 Å². The Kier molecular flexibility index (Phi) is 3.64. The van der Waals surface area contributed by atoms with Crippen molar-refractivity contribution in [2.45, 2.75) is 6.54 Å². The Morgan fingerprint density at radius 1 is 1.10 bits per heavy atom. The van der Waals surface area contributed by atoms with Crippen LogP contribution in [-0.4, -0.2) is 23.3 Å². The van der Waals surface area contributed by atoms with Crippen LogP contribution < -0.4 is 15.2 Å². The summed E-state index contributed by atoms with van der Waals surface area (Å²) in [7, 11) is 1.64. The lowest BCUT2D eigenvalue weighted by Crippen LogP contribution is -2.10. The first-order valence-electron chi connectivity index (χ1n) is 6.75. The SMILES string of the molecule is COc1cccc(OCCn2c(N)nc3ccccc32)c1. The highest BCUT2D eigenvalue weighted by molar-refractivity contribution is 5.78. The molecule has 0 aliphatic heterocycles. The van der Waals surface area contributed by atoms with Crippen LogP contribution in [0.15, 0.2) is 48.5 Å². The molecular formula is C16H17N3O2. The Bertz CT molecular complexity index is 752. The highest BCUT2D eigenvalue weighted by atomic mass is 16.5. The normalized spacial score (nSPS) is 10.7. The quantitative estimate of drug-likeness (QED) is 0.782. The number of para-hydroxylation sites is 2. The number of aromatic nitrogens is 2. The van der Waals surface area contributed by atoms with Crippen LogP contribution in [-0.2, 0) is 6.54 Å². The van der Waals surface area contributed by atoms with E-state index in [1.807, 2.05) is 53.1 Å². The van der Waals surface area contributed by atoms with Crippen molar-refractivity contribution in [3.63, 3.8) is 0 Å². The summed E-state index contributed by atoms with van der Waals surface area (Å²) < 4.78 is 12.9. The first kappa shape index (κ1) is 13.3. The lowest BCUT2D eigenvalue weighted by Gasteiger charge is -2.09. The molecule has 2 aromatic carbocycles. The predicted octanol–water partition coefficient (Wildman–Crippen LogP) is 2.71. The molecule has 3 aromatic rings. The van der Waals surface area contributed by atoms with Crippen LogP contribution in [0.2, 0.25) is 0 Å². The summed E-state index contributed by atoms with van der Waals surface area (Å²) in [6.45, 7) is 1.15. The number of nitrogens with two attached hydrogens (primary N) is 1. The highest BCUT2D eigenvalue weighted by Gasteiger charge is 2.07. The average molecular weight is 283 g/mol. The van der Waals surface area contributed by atoms with Crippen molar-refractivity contribution in [3.05, 3.63) is 48.5 Å². The van der Waals surface area contributed by atoms with Gasteiger partial charge in [0.1, 0.15) is 18.1 Å². The summed E-state index contributed by atoms with van der Waals surface area (Å²) in [5, 5.41) is 0. The topological polar surface area (TPSA) is 62.3 Å². The molecule has 0 fully saturated rings. The zero-order chi connectivity index (χ0) is 14.7. The van der Waals surface area contributed by atoms with E-state index in [1.54, 1.807) is 7.11 Å². The van der Waals surface area contributed by atoms with E-state index in [9.17, 15) is 0 Å². The van der Waals surface area contributed by atoms with Crippen molar-refractivity contribution in [2.24, 2.45) is 0 Å². The Morgan fingerprint density at radius 3 is 2.76 bits per heavy atom. The third kappa shape index (κ3) is 2.76. The number of methoxy groups -OCH3 is 1. The number of nitrogen functional groups attached to an aromatic ring is 1. The summed E-state index contributed by atoms with van der Waals surface area (Å²) in [5.41, 5.74) is 7.87. The maximum atomic E-state index is 5.95. The van der Waals surface area contributed by atoms with E-state index in [2.05, 4.69) is 4.98 Å². The highest BCUT2D eigenvalue weighted by Crippen LogP contribution is 2.20. The van der Waals surface area contributed by atoms with Gasteiger partial charge in [0.25, 0.3) is 0 Å². The van der Waals surface area contributed by atoms with Gasteiger partial charge < -0.3 is 19.8 Å². The first-order valence-corrected chi connectivity index (χ1v) is 6.75. The average Bonchev–Trinajstić information content (AvgIpc) is 2.83. The Hall–Kier alpha value is -2.69. The largest absolute Gasteiger partial charge is 0.497 e. The van der Waals surface area contributed by atoms with E-state index in [1.165, 1.54) is 0 Å². The minimum absolute atomic E-state index is 0.505. The molecule has 21 heavy (non-hydrogen) atoms. The van der Waals surface area contributed by atoms with Crippen molar-refractivity contribution in [1.29, 1.82) is 0 Å². The molecule has 0 saturated heterocycles. The summed E-state index contributed by atoms with van der Waals surface area (Å²) in [4.78, 5) is 4.33. The van der Waals surface area contributed by atoms with Crippen LogP contribution in [0.25, 0.3) is 11.0 Å². The molecule has 5 nitrogen and oxygen atoms in total. The number of anilines is 1.